The summed E-state index contributed by atoms with van der Waals surface area (Å²) >= 11 is 0. The van der Waals surface area contributed by atoms with Crippen molar-refractivity contribution in [3.63, 3.8) is 0 Å². The van der Waals surface area contributed by atoms with E-state index < -0.39 is 36.2 Å². The molecule has 8 heteroatoms. The van der Waals surface area contributed by atoms with Crippen LogP contribution in [0, 0.1) is 0 Å². The summed E-state index contributed by atoms with van der Waals surface area (Å²) in [7, 11) is 3.34. The molecule has 0 bridgehead atoms. The third-order valence-corrected chi connectivity index (χ3v) is 6.94. The molecule has 1 fully saturated rings. The summed E-state index contributed by atoms with van der Waals surface area (Å²) in [5.74, 6) is -0.611. The van der Waals surface area contributed by atoms with E-state index in [2.05, 4.69) is 0 Å². The Morgan fingerprint density at radius 1 is 1.00 bits per heavy atom. The number of aryl methyl sites for hydroxylation is 1. The first-order valence-corrected chi connectivity index (χ1v) is 11.3. The van der Waals surface area contributed by atoms with Gasteiger partial charge in [-0.3, -0.25) is 14.4 Å². The van der Waals surface area contributed by atoms with Crippen LogP contribution in [0.1, 0.15) is 31.9 Å². The Morgan fingerprint density at radius 3 is 2.40 bits per heavy atom. The highest BCUT2D eigenvalue weighted by Crippen LogP contribution is 2.49. The standard InChI is InChI=1S/C27H23NO7/c1-27(2)26-25(33-19(29)12-20(30)34-26)22-18(35-27)11-17(32-4)21-23(22)28(3)16-10-14-8-6-5-7-13(14)9-15(16)24(21)31/h5-11,25-26H,12H2,1-4H3. The van der Waals surface area contributed by atoms with E-state index in [0.29, 0.717) is 38.9 Å². The zero-order valence-electron chi connectivity index (χ0n) is 19.7. The number of carbonyl (C=O) groups excluding carboxylic acids is 2. The van der Waals surface area contributed by atoms with E-state index in [-0.39, 0.29) is 5.43 Å². The average Bonchev–Trinajstić information content (AvgIpc) is 2.98. The maximum Gasteiger partial charge on any atom is 0.317 e. The fraction of sp³-hybridized carbons (Fsp3) is 0.296. The van der Waals surface area contributed by atoms with Crippen LogP contribution in [0.4, 0.5) is 0 Å². The zero-order chi connectivity index (χ0) is 24.6. The van der Waals surface area contributed by atoms with Crippen molar-refractivity contribution < 1.29 is 28.5 Å². The minimum atomic E-state index is -0.997. The molecular formula is C27H23NO7. The number of pyridine rings is 1. The molecule has 2 aliphatic heterocycles. The Morgan fingerprint density at radius 2 is 1.69 bits per heavy atom. The maximum atomic E-state index is 13.9. The van der Waals surface area contributed by atoms with Gasteiger partial charge in [0.15, 0.2) is 12.2 Å². The molecule has 3 aromatic carbocycles. The summed E-state index contributed by atoms with van der Waals surface area (Å²) in [5, 5.41) is 2.80. The van der Waals surface area contributed by atoms with Gasteiger partial charge in [-0.1, -0.05) is 24.3 Å². The molecule has 3 heterocycles. The van der Waals surface area contributed by atoms with Gasteiger partial charge < -0.3 is 23.5 Å². The molecule has 8 nitrogen and oxygen atoms in total. The highest BCUT2D eigenvalue weighted by molar-refractivity contribution is 6.04. The Bertz CT molecular complexity index is 1650. The van der Waals surface area contributed by atoms with Crippen LogP contribution in [-0.4, -0.2) is 35.3 Å². The molecule has 2 unspecified atom stereocenters. The van der Waals surface area contributed by atoms with Gasteiger partial charge in [0.25, 0.3) is 0 Å². The molecular weight excluding hydrogens is 450 g/mol. The molecule has 1 saturated heterocycles. The molecule has 1 aromatic heterocycles. The number of aromatic nitrogens is 1. The van der Waals surface area contributed by atoms with Gasteiger partial charge in [0.05, 0.1) is 29.1 Å². The van der Waals surface area contributed by atoms with Crippen molar-refractivity contribution in [1.82, 2.24) is 4.57 Å². The van der Waals surface area contributed by atoms with E-state index in [1.807, 2.05) is 48.0 Å². The summed E-state index contributed by atoms with van der Waals surface area (Å²) in [6.07, 6.45) is -2.34. The van der Waals surface area contributed by atoms with Gasteiger partial charge in [-0.15, -0.1) is 0 Å². The Hall–Kier alpha value is -4.07. The first-order valence-electron chi connectivity index (χ1n) is 11.3. The molecule has 35 heavy (non-hydrogen) atoms. The SMILES string of the molecule is COc1cc2c(c3c1c(=O)c1cc4ccccc4cc1n3C)C1OC(=O)CC(=O)OC1C(C)(C)O2. The van der Waals surface area contributed by atoms with Crippen molar-refractivity contribution in [3.8, 4) is 11.5 Å². The van der Waals surface area contributed by atoms with E-state index in [1.165, 1.54) is 7.11 Å². The summed E-state index contributed by atoms with van der Waals surface area (Å²) in [5.41, 5.74) is 0.473. The lowest BCUT2D eigenvalue weighted by atomic mass is 9.86. The molecule has 0 aliphatic carbocycles. The second-order valence-electron chi connectivity index (χ2n) is 9.52. The van der Waals surface area contributed by atoms with Gasteiger partial charge >= 0.3 is 11.9 Å². The van der Waals surface area contributed by atoms with E-state index in [9.17, 15) is 14.4 Å². The van der Waals surface area contributed by atoms with Crippen LogP contribution in [0.3, 0.4) is 0 Å². The van der Waals surface area contributed by atoms with Crippen LogP contribution in [0.25, 0.3) is 32.6 Å². The molecule has 0 spiro atoms. The van der Waals surface area contributed by atoms with Gasteiger partial charge in [-0.2, -0.15) is 0 Å². The molecule has 178 valence electrons. The second kappa shape index (κ2) is 7.21. The average molecular weight is 473 g/mol. The minimum Gasteiger partial charge on any atom is -0.496 e. The molecule has 0 amide bonds. The first kappa shape index (κ1) is 21.5. The van der Waals surface area contributed by atoms with Crippen molar-refractivity contribution in [1.29, 1.82) is 0 Å². The first-order chi connectivity index (χ1) is 16.7. The molecule has 0 N–H and O–H groups in total. The number of hydrogen-bond donors (Lipinski definition) is 0. The topological polar surface area (TPSA) is 93.1 Å². The molecule has 4 aromatic rings. The summed E-state index contributed by atoms with van der Waals surface area (Å²) in [6, 6.07) is 13.3. The van der Waals surface area contributed by atoms with Crippen LogP contribution in [-0.2, 0) is 26.1 Å². The van der Waals surface area contributed by atoms with Gasteiger partial charge in [0.2, 0.25) is 5.43 Å². The summed E-state index contributed by atoms with van der Waals surface area (Å²) in [4.78, 5) is 38.7. The number of rotatable bonds is 1. The molecule has 6 rings (SSSR count). The highest BCUT2D eigenvalue weighted by Gasteiger charge is 2.52. The number of fused-ring (bicyclic) bond motifs is 7. The highest BCUT2D eigenvalue weighted by atomic mass is 16.6. The lowest BCUT2D eigenvalue weighted by molar-refractivity contribution is -0.174. The quantitative estimate of drug-likeness (QED) is 0.235. The van der Waals surface area contributed by atoms with E-state index in [1.54, 1.807) is 19.9 Å². The molecule has 0 saturated carbocycles. The predicted octanol–water partition coefficient (Wildman–Crippen LogP) is 3.92. The van der Waals surface area contributed by atoms with E-state index in [4.69, 9.17) is 18.9 Å². The molecule has 2 aliphatic rings. The third-order valence-electron chi connectivity index (χ3n) is 6.94. The van der Waals surface area contributed by atoms with Crippen molar-refractivity contribution in [2.24, 2.45) is 7.05 Å². The van der Waals surface area contributed by atoms with Crippen LogP contribution in [0.2, 0.25) is 0 Å². The number of benzene rings is 3. The maximum absolute atomic E-state index is 13.9. The number of esters is 2. The fourth-order valence-electron chi connectivity index (χ4n) is 5.33. The smallest absolute Gasteiger partial charge is 0.317 e. The van der Waals surface area contributed by atoms with Crippen LogP contribution in [0.15, 0.2) is 47.3 Å². The lowest BCUT2D eigenvalue weighted by Crippen LogP contribution is -2.51. The number of carbonyl (C=O) groups is 2. The largest absolute Gasteiger partial charge is 0.496 e. The van der Waals surface area contributed by atoms with E-state index in [0.717, 1.165) is 10.8 Å². The Kier molecular flexibility index (Phi) is 4.42. The summed E-state index contributed by atoms with van der Waals surface area (Å²) < 4.78 is 25.3. The van der Waals surface area contributed by atoms with Gasteiger partial charge in [0.1, 0.15) is 23.5 Å². The molecule has 0 radical (unpaired) electrons. The van der Waals surface area contributed by atoms with Gasteiger partial charge in [-0.05, 0) is 36.8 Å². The zero-order valence-corrected chi connectivity index (χ0v) is 19.7. The second-order valence-corrected chi connectivity index (χ2v) is 9.52. The number of hydrogen-bond acceptors (Lipinski definition) is 7. The third kappa shape index (κ3) is 3.02. The summed E-state index contributed by atoms with van der Waals surface area (Å²) in [6.45, 7) is 3.53. The van der Waals surface area contributed by atoms with Crippen LogP contribution < -0.4 is 14.9 Å². The number of ether oxygens (including phenoxy) is 4. The van der Waals surface area contributed by atoms with Gasteiger partial charge in [-0.25, -0.2) is 0 Å². The van der Waals surface area contributed by atoms with Crippen LogP contribution >= 0.6 is 0 Å². The monoisotopic (exact) mass is 473 g/mol. The fourth-order valence-corrected chi connectivity index (χ4v) is 5.33. The van der Waals surface area contributed by atoms with Crippen molar-refractivity contribution in [2.45, 2.75) is 38.1 Å². The number of nitrogens with zero attached hydrogens (tertiary/aromatic N) is 1. The van der Waals surface area contributed by atoms with Crippen molar-refractivity contribution in [3.05, 3.63) is 58.3 Å². The van der Waals surface area contributed by atoms with Crippen molar-refractivity contribution >= 4 is 44.5 Å². The van der Waals surface area contributed by atoms with Crippen molar-refractivity contribution in [2.75, 3.05) is 7.11 Å². The van der Waals surface area contributed by atoms with Gasteiger partial charge in [0, 0.05) is 18.5 Å². The lowest BCUT2D eigenvalue weighted by Gasteiger charge is -2.42. The van der Waals surface area contributed by atoms with E-state index >= 15 is 0 Å². The minimum absolute atomic E-state index is 0.211. The van der Waals surface area contributed by atoms with Crippen LogP contribution in [0.5, 0.6) is 11.5 Å². The Labute approximate surface area is 199 Å². The Balaban J connectivity index is 1.78. The molecule has 2 atom stereocenters. The number of methoxy groups -OCH3 is 1. The normalized spacial score (nSPS) is 21.0. The predicted molar refractivity (Wildman–Crippen MR) is 129 cm³/mol.